The minimum Gasteiger partial charge on any atom is -0.464 e. The van der Waals surface area contributed by atoms with Crippen LogP contribution in [0.1, 0.15) is 10.5 Å². The third-order valence-electron chi connectivity index (χ3n) is 2.62. The number of hydrogen-bond donors (Lipinski definition) is 0. The van der Waals surface area contributed by atoms with Gasteiger partial charge in [0.25, 0.3) is 0 Å². The Morgan fingerprint density at radius 1 is 1.62 bits per heavy atom. The molecule has 0 radical (unpaired) electrons. The lowest BCUT2D eigenvalue weighted by molar-refractivity contribution is 0.0594. The summed E-state index contributed by atoms with van der Waals surface area (Å²) in [4.78, 5) is 17.3. The van der Waals surface area contributed by atoms with Crippen molar-refractivity contribution in [2.24, 2.45) is 5.92 Å². The Kier molecular flexibility index (Phi) is 2.78. The maximum Gasteiger partial charge on any atom is 0.356 e. The van der Waals surface area contributed by atoms with E-state index in [4.69, 9.17) is 6.42 Å². The minimum atomic E-state index is -0.420. The molecule has 1 aliphatic rings. The summed E-state index contributed by atoms with van der Waals surface area (Å²) in [5.41, 5.74) is 1.31. The van der Waals surface area contributed by atoms with E-state index in [1.807, 2.05) is 6.07 Å². The molecule has 0 N–H and O–H groups in total. The predicted molar refractivity (Wildman–Crippen MR) is 60.1 cm³/mol. The molecular weight excluding hydrogens is 204 g/mol. The Labute approximate surface area is 94.2 Å². The number of aromatic nitrogens is 1. The molecule has 0 unspecified atom stereocenters. The highest BCUT2D eigenvalue weighted by Gasteiger charge is 2.25. The number of carbonyl (C=O) groups is 1. The van der Waals surface area contributed by atoms with Gasteiger partial charge in [0.2, 0.25) is 0 Å². The van der Waals surface area contributed by atoms with E-state index in [9.17, 15) is 4.79 Å². The quantitative estimate of drug-likeness (QED) is 0.545. The van der Waals surface area contributed by atoms with E-state index in [0.717, 1.165) is 18.8 Å². The first-order chi connectivity index (χ1) is 7.74. The van der Waals surface area contributed by atoms with E-state index in [0.29, 0.717) is 11.6 Å². The first-order valence-electron chi connectivity index (χ1n) is 5.00. The molecule has 16 heavy (non-hydrogen) atoms. The van der Waals surface area contributed by atoms with Gasteiger partial charge in [0, 0.05) is 13.1 Å². The van der Waals surface area contributed by atoms with Crippen LogP contribution in [-0.4, -0.2) is 31.2 Å². The van der Waals surface area contributed by atoms with Crippen LogP contribution in [-0.2, 0) is 4.74 Å². The van der Waals surface area contributed by atoms with Crippen LogP contribution >= 0.6 is 0 Å². The number of hydrogen-bond acceptors (Lipinski definition) is 4. The summed E-state index contributed by atoms with van der Waals surface area (Å²) in [5.74, 6) is 2.62. The van der Waals surface area contributed by atoms with Crippen LogP contribution in [0.25, 0.3) is 0 Å². The van der Waals surface area contributed by atoms with Crippen molar-refractivity contribution in [2.45, 2.75) is 0 Å². The van der Waals surface area contributed by atoms with E-state index in [-0.39, 0.29) is 0 Å². The van der Waals surface area contributed by atoms with Gasteiger partial charge in [-0.3, -0.25) is 0 Å². The van der Waals surface area contributed by atoms with Gasteiger partial charge in [0.05, 0.1) is 24.9 Å². The normalized spacial score (nSPS) is 15.1. The highest BCUT2D eigenvalue weighted by atomic mass is 16.5. The topological polar surface area (TPSA) is 42.4 Å². The van der Waals surface area contributed by atoms with Crippen molar-refractivity contribution in [3.05, 3.63) is 24.0 Å². The summed E-state index contributed by atoms with van der Waals surface area (Å²) in [7, 11) is 1.34. The third-order valence-corrected chi connectivity index (χ3v) is 2.62. The zero-order valence-electron chi connectivity index (χ0n) is 9.01. The summed E-state index contributed by atoms with van der Waals surface area (Å²) in [6.07, 6.45) is 6.97. The summed E-state index contributed by atoms with van der Waals surface area (Å²) in [5, 5.41) is 0. The van der Waals surface area contributed by atoms with Crippen LogP contribution in [0.2, 0.25) is 0 Å². The standard InChI is InChI=1S/C12H12N2O2/c1-3-9-7-14(8-9)10-4-5-11(13-6-10)12(15)16-2/h1,4-6,9H,7-8H2,2H3. The lowest BCUT2D eigenvalue weighted by Gasteiger charge is -2.38. The van der Waals surface area contributed by atoms with Gasteiger partial charge >= 0.3 is 5.97 Å². The number of rotatable bonds is 2. The first-order valence-corrected chi connectivity index (χ1v) is 5.00. The van der Waals surface area contributed by atoms with Crippen molar-refractivity contribution < 1.29 is 9.53 Å². The third kappa shape index (κ3) is 1.84. The van der Waals surface area contributed by atoms with E-state index in [2.05, 4.69) is 20.5 Å². The fourth-order valence-corrected chi connectivity index (χ4v) is 1.59. The van der Waals surface area contributed by atoms with E-state index < -0.39 is 5.97 Å². The van der Waals surface area contributed by atoms with Crippen molar-refractivity contribution in [1.29, 1.82) is 0 Å². The molecule has 0 amide bonds. The highest BCUT2D eigenvalue weighted by Crippen LogP contribution is 2.23. The zero-order chi connectivity index (χ0) is 11.5. The minimum absolute atomic E-state index is 0.320. The number of methoxy groups -OCH3 is 1. The number of carbonyl (C=O) groups excluding carboxylic acids is 1. The van der Waals surface area contributed by atoms with Crippen molar-refractivity contribution in [3.8, 4) is 12.3 Å². The summed E-state index contributed by atoms with van der Waals surface area (Å²) in [6.45, 7) is 1.71. The van der Waals surface area contributed by atoms with Crippen LogP contribution in [0, 0.1) is 18.3 Å². The van der Waals surface area contributed by atoms with Crippen LogP contribution < -0.4 is 4.90 Å². The largest absolute Gasteiger partial charge is 0.464 e. The van der Waals surface area contributed by atoms with E-state index in [1.165, 1.54) is 7.11 Å². The van der Waals surface area contributed by atoms with E-state index in [1.54, 1.807) is 12.3 Å². The van der Waals surface area contributed by atoms with Crippen LogP contribution in [0.4, 0.5) is 5.69 Å². The Bertz CT molecular complexity index is 427. The highest BCUT2D eigenvalue weighted by molar-refractivity contribution is 5.87. The molecule has 2 heterocycles. The smallest absolute Gasteiger partial charge is 0.356 e. The molecule has 2 rings (SSSR count). The molecule has 82 valence electrons. The maximum atomic E-state index is 11.2. The fraction of sp³-hybridized carbons (Fsp3) is 0.333. The molecular formula is C12H12N2O2. The van der Waals surface area contributed by atoms with Crippen LogP contribution in [0.15, 0.2) is 18.3 Å². The molecule has 1 saturated heterocycles. The van der Waals surface area contributed by atoms with Gasteiger partial charge in [-0.25, -0.2) is 9.78 Å². The second kappa shape index (κ2) is 4.23. The molecule has 4 nitrogen and oxygen atoms in total. The van der Waals surface area contributed by atoms with Crippen molar-refractivity contribution in [3.63, 3.8) is 0 Å². The van der Waals surface area contributed by atoms with Gasteiger partial charge in [-0.05, 0) is 12.1 Å². The van der Waals surface area contributed by atoms with Crippen molar-refractivity contribution in [1.82, 2.24) is 4.98 Å². The molecule has 0 bridgehead atoms. The number of anilines is 1. The maximum absolute atomic E-state index is 11.2. The van der Waals surface area contributed by atoms with Crippen molar-refractivity contribution >= 4 is 11.7 Å². The van der Waals surface area contributed by atoms with Crippen LogP contribution in [0.5, 0.6) is 0 Å². The molecule has 0 atom stereocenters. The molecule has 1 aliphatic heterocycles. The van der Waals surface area contributed by atoms with Gasteiger partial charge in [-0.15, -0.1) is 6.42 Å². The molecule has 1 fully saturated rings. The van der Waals surface area contributed by atoms with Gasteiger partial charge < -0.3 is 9.64 Å². The number of esters is 1. The van der Waals surface area contributed by atoms with Crippen molar-refractivity contribution in [2.75, 3.05) is 25.1 Å². The Balaban J connectivity index is 2.04. The molecule has 0 saturated carbocycles. The van der Waals surface area contributed by atoms with Gasteiger partial charge in [-0.1, -0.05) is 5.92 Å². The summed E-state index contributed by atoms with van der Waals surface area (Å²) < 4.78 is 4.57. The Hall–Kier alpha value is -2.02. The average molecular weight is 216 g/mol. The molecule has 4 heteroatoms. The summed E-state index contributed by atoms with van der Waals surface area (Å²) >= 11 is 0. The molecule has 1 aromatic heterocycles. The lowest BCUT2D eigenvalue weighted by Crippen LogP contribution is -2.46. The number of nitrogens with zero attached hydrogens (tertiary/aromatic N) is 2. The fourth-order valence-electron chi connectivity index (χ4n) is 1.59. The zero-order valence-corrected chi connectivity index (χ0v) is 9.01. The van der Waals surface area contributed by atoms with Gasteiger partial charge in [-0.2, -0.15) is 0 Å². The average Bonchev–Trinajstić information content (AvgIpc) is 2.27. The second-order valence-electron chi connectivity index (χ2n) is 3.66. The summed E-state index contributed by atoms with van der Waals surface area (Å²) in [6, 6.07) is 3.51. The van der Waals surface area contributed by atoms with Gasteiger partial charge in [0.1, 0.15) is 5.69 Å². The molecule has 0 aliphatic carbocycles. The number of terminal acetylenes is 1. The van der Waals surface area contributed by atoms with E-state index >= 15 is 0 Å². The Morgan fingerprint density at radius 2 is 2.38 bits per heavy atom. The second-order valence-corrected chi connectivity index (χ2v) is 3.66. The van der Waals surface area contributed by atoms with Crippen LogP contribution in [0.3, 0.4) is 0 Å². The molecule has 0 spiro atoms. The number of ether oxygens (including phenoxy) is 1. The van der Waals surface area contributed by atoms with Gasteiger partial charge in [0.15, 0.2) is 0 Å². The lowest BCUT2D eigenvalue weighted by atomic mass is 10.0. The Morgan fingerprint density at radius 3 is 2.88 bits per heavy atom. The predicted octanol–water partition coefficient (Wildman–Crippen LogP) is 0.938. The monoisotopic (exact) mass is 216 g/mol. The molecule has 1 aromatic rings. The number of pyridine rings is 1. The first kappa shape index (κ1) is 10.5. The SMILES string of the molecule is C#CC1CN(c2ccc(C(=O)OC)nc2)C1. The molecule has 0 aromatic carbocycles.